The Morgan fingerprint density at radius 1 is 1.27 bits per heavy atom. The topological polar surface area (TPSA) is 23.5 Å². The quantitative estimate of drug-likeness (QED) is 0.720. The first kappa shape index (κ1) is 11.4. The molecule has 1 aliphatic heterocycles. The van der Waals surface area contributed by atoms with E-state index in [1.54, 1.807) is 0 Å². The van der Waals surface area contributed by atoms with E-state index in [1.165, 1.54) is 25.8 Å². The van der Waals surface area contributed by atoms with Crippen LogP contribution in [0, 0.1) is 5.92 Å². The molecule has 2 nitrogen and oxygen atoms in total. The summed E-state index contributed by atoms with van der Waals surface area (Å²) in [5.41, 5.74) is 0.357. The molecule has 15 heavy (non-hydrogen) atoms. The lowest BCUT2D eigenvalue weighted by Gasteiger charge is -2.44. The van der Waals surface area contributed by atoms with Crippen LogP contribution in [0.15, 0.2) is 0 Å². The molecule has 0 radical (unpaired) electrons. The maximum Gasteiger partial charge on any atom is 0.0555 e. The van der Waals surface area contributed by atoms with Crippen LogP contribution in [0.3, 0.4) is 0 Å². The van der Waals surface area contributed by atoms with E-state index in [2.05, 4.69) is 25.7 Å². The Hall–Kier alpha value is -0.0800. The normalized spacial score (nSPS) is 42.0. The summed E-state index contributed by atoms with van der Waals surface area (Å²) >= 11 is 0. The molecule has 0 aromatic carbocycles. The largest absolute Gasteiger partial charge is 0.393 e. The van der Waals surface area contributed by atoms with Gasteiger partial charge in [-0.2, -0.15) is 0 Å². The molecule has 1 saturated heterocycles. The van der Waals surface area contributed by atoms with E-state index >= 15 is 0 Å². The molecule has 2 fully saturated rings. The Morgan fingerprint density at radius 3 is 2.60 bits per heavy atom. The summed E-state index contributed by atoms with van der Waals surface area (Å²) in [6.45, 7) is 8.29. The SMILES string of the molecule is CC1CCC(O)CC1N1CCCC1(C)C. The molecule has 0 amide bonds. The second-order valence-electron chi connectivity index (χ2n) is 6.12. The van der Waals surface area contributed by atoms with Crippen LogP contribution in [-0.4, -0.2) is 34.2 Å². The number of aliphatic hydroxyl groups excluding tert-OH is 1. The number of likely N-dealkylation sites (tertiary alicyclic amines) is 1. The van der Waals surface area contributed by atoms with E-state index in [9.17, 15) is 5.11 Å². The van der Waals surface area contributed by atoms with Crippen molar-refractivity contribution in [2.75, 3.05) is 6.54 Å². The summed E-state index contributed by atoms with van der Waals surface area (Å²) < 4.78 is 0. The van der Waals surface area contributed by atoms with Gasteiger partial charge in [-0.1, -0.05) is 6.92 Å². The Balaban J connectivity index is 2.07. The second kappa shape index (κ2) is 4.06. The van der Waals surface area contributed by atoms with Crippen LogP contribution in [0.4, 0.5) is 0 Å². The molecule has 2 heteroatoms. The van der Waals surface area contributed by atoms with Gasteiger partial charge in [-0.25, -0.2) is 0 Å². The second-order valence-corrected chi connectivity index (χ2v) is 6.12. The lowest BCUT2D eigenvalue weighted by atomic mass is 9.82. The predicted octanol–water partition coefficient (Wildman–Crippen LogP) is 2.41. The predicted molar refractivity (Wildman–Crippen MR) is 62.8 cm³/mol. The van der Waals surface area contributed by atoms with Crippen LogP contribution in [0.25, 0.3) is 0 Å². The van der Waals surface area contributed by atoms with E-state index in [4.69, 9.17) is 0 Å². The minimum Gasteiger partial charge on any atom is -0.393 e. The van der Waals surface area contributed by atoms with Crippen LogP contribution >= 0.6 is 0 Å². The van der Waals surface area contributed by atoms with Crippen molar-refractivity contribution < 1.29 is 5.11 Å². The van der Waals surface area contributed by atoms with Crippen molar-refractivity contribution in [1.82, 2.24) is 4.90 Å². The molecule has 1 heterocycles. The van der Waals surface area contributed by atoms with Crippen molar-refractivity contribution in [3.63, 3.8) is 0 Å². The maximum absolute atomic E-state index is 9.80. The van der Waals surface area contributed by atoms with Crippen molar-refractivity contribution in [2.24, 2.45) is 5.92 Å². The van der Waals surface area contributed by atoms with Crippen LogP contribution in [-0.2, 0) is 0 Å². The maximum atomic E-state index is 9.80. The summed E-state index contributed by atoms with van der Waals surface area (Å²) in [5.74, 6) is 0.755. The molecule has 0 aromatic heterocycles. The molecule has 2 rings (SSSR count). The van der Waals surface area contributed by atoms with Crippen molar-refractivity contribution in [3.8, 4) is 0 Å². The number of hydrogen-bond acceptors (Lipinski definition) is 2. The lowest BCUT2D eigenvalue weighted by molar-refractivity contribution is 0.00508. The molecule has 1 saturated carbocycles. The zero-order valence-electron chi connectivity index (χ0n) is 10.4. The standard InChI is InChI=1S/C13H25NO/c1-10-5-6-11(15)9-12(10)14-8-4-7-13(14,2)3/h10-12,15H,4-9H2,1-3H3. The molecular weight excluding hydrogens is 186 g/mol. The minimum atomic E-state index is -0.0531. The average Bonchev–Trinajstić information content (AvgIpc) is 2.50. The summed E-state index contributed by atoms with van der Waals surface area (Å²) in [6.07, 6.45) is 5.77. The van der Waals surface area contributed by atoms with Crippen molar-refractivity contribution in [1.29, 1.82) is 0 Å². The third-order valence-electron chi connectivity index (χ3n) is 4.49. The van der Waals surface area contributed by atoms with Gasteiger partial charge < -0.3 is 5.11 Å². The zero-order valence-corrected chi connectivity index (χ0v) is 10.4. The summed E-state index contributed by atoms with van der Waals surface area (Å²) in [7, 11) is 0. The van der Waals surface area contributed by atoms with Crippen LogP contribution in [0.2, 0.25) is 0 Å². The average molecular weight is 211 g/mol. The monoisotopic (exact) mass is 211 g/mol. The summed E-state index contributed by atoms with van der Waals surface area (Å²) in [6, 6.07) is 0.617. The van der Waals surface area contributed by atoms with E-state index in [0.717, 1.165) is 18.8 Å². The molecule has 88 valence electrons. The highest BCUT2D eigenvalue weighted by Gasteiger charge is 2.40. The number of hydrogen-bond donors (Lipinski definition) is 1. The first-order valence-corrected chi connectivity index (χ1v) is 6.45. The molecule has 2 aliphatic rings. The minimum absolute atomic E-state index is 0.0531. The molecular formula is C13H25NO. The van der Waals surface area contributed by atoms with Crippen LogP contribution in [0.5, 0.6) is 0 Å². The fourth-order valence-corrected chi connectivity index (χ4v) is 3.45. The van der Waals surface area contributed by atoms with Gasteiger partial charge in [0.2, 0.25) is 0 Å². The van der Waals surface area contributed by atoms with Gasteiger partial charge >= 0.3 is 0 Å². The fraction of sp³-hybridized carbons (Fsp3) is 1.00. The number of aliphatic hydroxyl groups is 1. The first-order valence-electron chi connectivity index (χ1n) is 6.45. The Kier molecular flexibility index (Phi) is 3.09. The van der Waals surface area contributed by atoms with Gasteiger partial charge in [-0.3, -0.25) is 4.90 Å². The molecule has 0 bridgehead atoms. The number of nitrogens with zero attached hydrogens (tertiary/aromatic N) is 1. The van der Waals surface area contributed by atoms with E-state index < -0.39 is 0 Å². The van der Waals surface area contributed by atoms with Gasteiger partial charge in [-0.15, -0.1) is 0 Å². The Labute approximate surface area is 93.7 Å². The van der Waals surface area contributed by atoms with Crippen molar-refractivity contribution >= 4 is 0 Å². The van der Waals surface area contributed by atoms with E-state index in [0.29, 0.717) is 11.6 Å². The van der Waals surface area contributed by atoms with Crippen molar-refractivity contribution in [3.05, 3.63) is 0 Å². The first-order chi connectivity index (χ1) is 7.00. The molecule has 0 spiro atoms. The summed E-state index contributed by atoms with van der Waals surface area (Å²) in [5, 5.41) is 9.80. The van der Waals surface area contributed by atoms with Crippen molar-refractivity contribution in [2.45, 2.75) is 70.6 Å². The van der Waals surface area contributed by atoms with Gasteiger partial charge in [0.25, 0.3) is 0 Å². The highest BCUT2D eigenvalue weighted by molar-refractivity contribution is 4.95. The Morgan fingerprint density at radius 2 is 2.00 bits per heavy atom. The van der Waals surface area contributed by atoms with E-state index in [1.807, 2.05) is 0 Å². The lowest BCUT2D eigenvalue weighted by Crippen LogP contribution is -2.51. The van der Waals surface area contributed by atoms with Gasteiger partial charge in [0.1, 0.15) is 0 Å². The third-order valence-corrected chi connectivity index (χ3v) is 4.49. The fourth-order valence-electron chi connectivity index (χ4n) is 3.45. The van der Waals surface area contributed by atoms with Gasteiger partial charge in [0, 0.05) is 11.6 Å². The summed E-state index contributed by atoms with van der Waals surface area (Å²) in [4.78, 5) is 2.65. The molecule has 1 N–H and O–H groups in total. The van der Waals surface area contributed by atoms with Gasteiger partial charge in [-0.05, 0) is 58.4 Å². The Bertz CT molecular complexity index is 227. The molecule has 0 aromatic rings. The van der Waals surface area contributed by atoms with Gasteiger partial charge in [0.15, 0.2) is 0 Å². The highest BCUT2D eigenvalue weighted by atomic mass is 16.3. The van der Waals surface area contributed by atoms with Crippen LogP contribution < -0.4 is 0 Å². The third kappa shape index (κ3) is 2.21. The van der Waals surface area contributed by atoms with Crippen LogP contribution in [0.1, 0.15) is 52.9 Å². The molecule has 3 unspecified atom stereocenters. The molecule has 3 atom stereocenters. The van der Waals surface area contributed by atoms with E-state index in [-0.39, 0.29) is 6.10 Å². The molecule has 1 aliphatic carbocycles. The highest BCUT2D eigenvalue weighted by Crippen LogP contribution is 2.37. The van der Waals surface area contributed by atoms with Gasteiger partial charge in [0.05, 0.1) is 6.10 Å². The number of rotatable bonds is 1. The smallest absolute Gasteiger partial charge is 0.0555 e. The zero-order chi connectivity index (χ0) is 11.1.